The molecule has 0 N–H and O–H groups in total. The Bertz CT molecular complexity index is 431. The quantitative estimate of drug-likeness (QED) is 0.587. The standard InChI is InChI=1S/C9H10O2.Cl2O2S/c1-7-3-5-8(6-4-7)9(10)11-2;1-5(2,3)4/h3-6H,1-2H3;. The van der Waals surface area contributed by atoms with Gasteiger partial charge in [-0.2, -0.15) is 8.42 Å². The molecule has 0 fully saturated rings. The van der Waals surface area contributed by atoms with Gasteiger partial charge in [-0.05, 0) is 19.1 Å². The van der Waals surface area contributed by atoms with Crippen LogP contribution in [-0.4, -0.2) is 21.5 Å². The van der Waals surface area contributed by atoms with E-state index in [2.05, 4.69) is 26.1 Å². The summed E-state index contributed by atoms with van der Waals surface area (Å²) in [6, 6.07) is 7.26. The van der Waals surface area contributed by atoms with E-state index in [-0.39, 0.29) is 5.97 Å². The van der Waals surface area contributed by atoms with Gasteiger partial charge in [0, 0.05) is 21.4 Å². The smallest absolute Gasteiger partial charge is 0.337 e. The number of aryl methyl sites for hydroxylation is 1. The minimum atomic E-state index is -3.72. The summed E-state index contributed by atoms with van der Waals surface area (Å²) >= 11 is 0. The number of methoxy groups -OCH3 is 1. The highest BCUT2D eigenvalue weighted by molar-refractivity contribution is 8.31. The van der Waals surface area contributed by atoms with Crippen LogP contribution in [0.5, 0.6) is 0 Å². The number of ether oxygens (including phenoxy) is 1. The Morgan fingerprint density at radius 1 is 1.19 bits per heavy atom. The zero-order valence-electron chi connectivity index (χ0n) is 8.61. The van der Waals surface area contributed by atoms with Gasteiger partial charge < -0.3 is 4.74 Å². The lowest BCUT2D eigenvalue weighted by atomic mass is 10.2. The van der Waals surface area contributed by atoms with Gasteiger partial charge in [-0.25, -0.2) is 4.79 Å². The second kappa shape index (κ2) is 6.73. The van der Waals surface area contributed by atoms with Gasteiger partial charge in [0.2, 0.25) is 0 Å². The van der Waals surface area contributed by atoms with E-state index in [9.17, 15) is 4.79 Å². The van der Waals surface area contributed by atoms with Crippen molar-refractivity contribution in [3.05, 3.63) is 35.4 Å². The average molecular weight is 285 g/mol. The van der Waals surface area contributed by atoms with E-state index in [1.807, 2.05) is 19.1 Å². The normalized spacial score (nSPS) is 10.0. The maximum atomic E-state index is 10.9. The maximum Gasteiger partial charge on any atom is 0.337 e. The molecule has 0 aromatic heterocycles. The fourth-order valence-electron chi connectivity index (χ4n) is 0.807. The van der Waals surface area contributed by atoms with E-state index in [1.165, 1.54) is 7.11 Å². The predicted octanol–water partition coefficient (Wildman–Crippen LogP) is 2.49. The molecule has 16 heavy (non-hydrogen) atoms. The van der Waals surface area contributed by atoms with Crippen molar-refractivity contribution in [1.82, 2.24) is 0 Å². The largest absolute Gasteiger partial charge is 0.465 e. The molecule has 0 saturated carbocycles. The van der Waals surface area contributed by atoms with Crippen LogP contribution >= 0.6 is 21.4 Å². The van der Waals surface area contributed by atoms with Gasteiger partial charge in [0.05, 0.1) is 12.7 Å². The Balaban J connectivity index is 0.000000385. The zero-order chi connectivity index (χ0) is 12.8. The minimum absolute atomic E-state index is 0.287. The summed E-state index contributed by atoms with van der Waals surface area (Å²) in [5, 5.41) is 0. The SMILES string of the molecule is COC(=O)c1ccc(C)cc1.O=S(=O)(Cl)Cl. The predicted molar refractivity (Wildman–Crippen MR) is 63.1 cm³/mol. The van der Waals surface area contributed by atoms with Crippen LogP contribution in [0.15, 0.2) is 24.3 Å². The fraction of sp³-hybridized carbons (Fsp3) is 0.222. The lowest BCUT2D eigenvalue weighted by Crippen LogP contribution is -2.00. The Morgan fingerprint density at radius 3 is 1.88 bits per heavy atom. The molecule has 0 atom stereocenters. The second-order valence-electron chi connectivity index (χ2n) is 2.74. The Hall–Kier alpha value is -0.780. The molecule has 4 nitrogen and oxygen atoms in total. The molecule has 0 bridgehead atoms. The first-order valence-corrected chi connectivity index (χ1v) is 7.17. The molecule has 1 aromatic carbocycles. The van der Waals surface area contributed by atoms with Crippen molar-refractivity contribution in [1.29, 1.82) is 0 Å². The molecule has 90 valence electrons. The molecule has 0 spiro atoms. The van der Waals surface area contributed by atoms with E-state index < -0.39 is 8.26 Å². The van der Waals surface area contributed by atoms with Crippen molar-refractivity contribution in [2.24, 2.45) is 0 Å². The molecule has 1 aromatic rings. The lowest BCUT2D eigenvalue weighted by Gasteiger charge is -1.97. The summed E-state index contributed by atoms with van der Waals surface area (Å²) in [5.41, 5.74) is 1.73. The van der Waals surface area contributed by atoms with Gasteiger partial charge in [-0.15, -0.1) is 0 Å². The average Bonchev–Trinajstić information content (AvgIpc) is 2.15. The van der Waals surface area contributed by atoms with E-state index in [0.29, 0.717) is 5.56 Å². The number of carbonyl (C=O) groups is 1. The summed E-state index contributed by atoms with van der Waals surface area (Å²) in [6.07, 6.45) is 0. The van der Waals surface area contributed by atoms with Crippen LogP contribution in [0.4, 0.5) is 0 Å². The summed E-state index contributed by atoms with van der Waals surface area (Å²) in [5.74, 6) is -0.287. The Labute approximate surface area is 103 Å². The molecular weight excluding hydrogens is 275 g/mol. The molecule has 0 saturated heterocycles. The number of esters is 1. The van der Waals surface area contributed by atoms with Crippen LogP contribution in [0.3, 0.4) is 0 Å². The van der Waals surface area contributed by atoms with Crippen LogP contribution in [0.1, 0.15) is 15.9 Å². The minimum Gasteiger partial charge on any atom is -0.465 e. The van der Waals surface area contributed by atoms with Gasteiger partial charge in [-0.1, -0.05) is 17.7 Å². The molecule has 0 aliphatic heterocycles. The number of carbonyl (C=O) groups excluding carboxylic acids is 1. The van der Waals surface area contributed by atoms with Crippen molar-refractivity contribution in [2.45, 2.75) is 6.92 Å². The number of hydrogen-bond acceptors (Lipinski definition) is 4. The second-order valence-corrected chi connectivity index (χ2v) is 6.40. The number of benzene rings is 1. The lowest BCUT2D eigenvalue weighted by molar-refractivity contribution is 0.0600. The molecule has 1 rings (SSSR count). The third-order valence-electron chi connectivity index (χ3n) is 1.47. The maximum absolute atomic E-state index is 10.9. The van der Waals surface area contributed by atoms with Crippen LogP contribution in [0, 0.1) is 6.92 Å². The van der Waals surface area contributed by atoms with E-state index in [0.717, 1.165) is 5.56 Å². The fourth-order valence-corrected chi connectivity index (χ4v) is 0.807. The highest BCUT2D eigenvalue weighted by Crippen LogP contribution is 2.03. The molecule has 0 radical (unpaired) electrons. The molecular formula is C9H10Cl2O4S. The summed E-state index contributed by atoms with van der Waals surface area (Å²) < 4.78 is 22.9. The topological polar surface area (TPSA) is 60.4 Å². The number of hydrogen-bond donors (Lipinski definition) is 0. The summed E-state index contributed by atoms with van der Waals surface area (Å²) in [7, 11) is 6.19. The monoisotopic (exact) mass is 284 g/mol. The van der Waals surface area contributed by atoms with Crippen molar-refractivity contribution >= 4 is 35.6 Å². The van der Waals surface area contributed by atoms with Crippen LogP contribution in [-0.2, 0) is 13.0 Å². The molecule has 0 aliphatic carbocycles. The molecule has 0 heterocycles. The van der Waals surface area contributed by atoms with Crippen molar-refractivity contribution < 1.29 is 17.9 Å². The van der Waals surface area contributed by atoms with E-state index in [1.54, 1.807) is 12.1 Å². The molecule has 0 amide bonds. The van der Waals surface area contributed by atoms with Gasteiger partial charge in [-0.3, -0.25) is 0 Å². The number of rotatable bonds is 1. The van der Waals surface area contributed by atoms with Crippen molar-refractivity contribution in [2.75, 3.05) is 7.11 Å². The Kier molecular flexibility index (Phi) is 6.40. The number of halogens is 2. The molecule has 0 unspecified atom stereocenters. The van der Waals surface area contributed by atoms with Gasteiger partial charge in [0.25, 0.3) is 0 Å². The van der Waals surface area contributed by atoms with Crippen LogP contribution in [0.25, 0.3) is 0 Å². The first kappa shape index (κ1) is 15.2. The summed E-state index contributed by atoms with van der Waals surface area (Å²) in [6.45, 7) is 1.97. The molecule has 7 heteroatoms. The Morgan fingerprint density at radius 2 is 1.56 bits per heavy atom. The van der Waals surface area contributed by atoms with Gasteiger partial charge >= 0.3 is 14.2 Å². The van der Waals surface area contributed by atoms with E-state index in [4.69, 9.17) is 8.42 Å². The van der Waals surface area contributed by atoms with Crippen molar-refractivity contribution in [3.63, 3.8) is 0 Å². The van der Waals surface area contributed by atoms with Gasteiger partial charge in [0.15, 0.2) is 0 Å². The van der Waals surface area contributed by atoms with Crippen molar-refractivity contribution in [3.8, 4) is 0 Å². The third kappa shape index (κ3) is 8.52. The molecule has 0 aliphatic rings. The highest BCUT2D eigenvalue weighted by atomic mass is 36.0. The first-order chi connectivity index (χ1) is 7.24. The third-order valence-corrected chi connectivity index (χ3v) is 1.47. The van der Waals surface area contributed by atoms with E-state index >= 15 is 0 Å². The van der Waals surface area contributed by atoms with Crippen LogP contribution < -0.4 is 0 Å². The highest BCUT2D eigenvalue weighted by Gasteiger charge is 2.01. The van der Waals surface area contributed by atoms with Crippen LogP contribution in [0.2, 0.25) is 0 Å². The van der Waals surface area contributed by atoms with Gasteiger partial charge in [0.1, 0.15) is 0 Å². The zero-order valence-corrected chi connectivity index (χ0v) is 10.9. The summed E-state index contributed by atoms with van der Waals surface area (Å²) in [4.78, 5) is 10.9. The first-order valence-electron chi connectivity index (χ1n) is 4.03.